The molecule has 0 aliphatic heterocycles. The second kappa shape index (κ2) is 10.3. The number of carbonyl (C=O) groups excluding carboxylic acids is 1. The van der Waals surface area contributed by atoms with Crippen molar-refractivity contribution in [3.05, 3.63) is 62.6 Å². The molecule has 1 unspecified atom stereocenters. The van der Waals surface area contributed by atoms with Gasteiger partial charge in [-0.2, -0.15) is 0 Å². The Balaban J connectivity index is 1.65. The van der Waals surface area contributed by atoms with E-state index >= 15 is 0 Å². The molecule has 1 aromatic heterocycles. The van der Waals surface area contributed by atoms with Crippen LogP contribution < -0.4 is 16.2 Å². The first-order chi connectivity index (χ1) is 15.2. The van der Waals surface area contributed by atoms with Gasteiger partial charge in [-0.1, -0.05) is 6.07 Å². The fraction of sp³-hybridized carbons (Fsp3) is 0.538. The molecule has 1 aromatic carbocycles. The van der Waals surface area contributed by atoms with Gasteiger partial charge >= 0.3 is 0 Å². The Morgan fingerprint density at radius 2 is 1.84 bits per heavy atom. The van der Waals surface area contributed by atoms with Crippen LogP contribution in [0.5, 0.6) is 0 Å². The molecule has 0 saturated heterocycles. The van der Waals surface area contributed by atoms with Crippen LogP contribution in [0.4, 0.5) is 5.69 Å². The maximum atomic E-state index is 12.9. The number of benzene rings is 1. The summed E-state index contributed by atoms with van der Waals surface area (Å²) >= 11 is 0. The molecule has 3 rings (SSSR count). The quantitative estimate of drug-likeness (QED) is 0.607. The molecule has 1 heterocycles. The summed E-state index contributed by atoms with van der Waals surface area (Å²) in [6.07, 6.45) is 4.92. The Kier molecular flexibility index (Phi) is 7.77. The number of pyridine rings is 1. The number of nitrogens with one attached hydrogen (secondary N) is 3. The van der Waals surface area contributed by atoms with Gasteiger partial charge in [0.05, 0.1) is 0 Å². The summed E-state index contributed by atoms with van der Waals surface area (Å²) in [4.78, 5) is 30.3. The van der Waals surface area contributed by atoms with Crippen molar-refractivity contribution in [1.82, 2.24) is 15.2 Å². The minimum atomic E-state index is -0.162. The van der Waals surface area contributed by atoms with E-state index in [4.69, 9.17) is 0 Å². The standard InChI is InChI=1S/C26H38N4O2/c1-16-14-17(2)28-26(32)23(16)15-27-25(31)22-8-7-9-24(18(22)3)29-19(4)20-10-12-21(13-11-20)30(5)6/h7-9,14,19-21,29H,10-13,15H2,1-6H3,(H,27,31)(H,28,32). The van der Waals surface area contributed by atoms with Gasteiger partial charge in [0.2, 0.25) is 0 Å². The summed E-state index contributed by atoms with van der Waals surface area (Å²) in [7, 11) is 4.34. The molecule has 0 bridgehead atoms. The molecule has 2 aromatic rings. The molecule has 1 aliphatic carbocycles. The molecule has 1 saturated carbocycles. The highest BCUT2D eigenvalue weighted by atomic mass is 16.1. The van der Waals surface area contributed by atoms with Crippen molar-refractivity contribution in [3.8, 4) is 0 Å². The third-order valence-corrected chi connectivity index (χ3v) is 7.06. The van der Waals surface area contributed by atoms with Gasteiger partial charge in [-0.25, -0.2) is 0 Å². The Hall–Kier alpha value is -2.60. The van der Waals surface area contributed by atoms with Gasteiger partial charge < -0.3 is 20.5 Å². The molecule has 0 radical (unpaired) electrons. The maximum Gasteiger partial charge on any atom is 0.253 e. The number of hydrogen-bond donors (Lipinski definition) is 3. The van der Waals surface area contributed by atoms with Crippen molar-refractivity contribution in [3.63, 3.8) is 0 Å². The Bertz CT molecular complexity index is 1000. The molecule has 6 nitrogen and oxygen atoms in total. The number of anilines is 1. The smallest absolute Gasteiger partial charge is 0.253 e. The van der Waals surface area contributed by atoms with E-state index in [1.54, 1.807) is 0 Å². The van der Waals surface area contributed by atoms with Gasteiger partial charge in [0, 0.05) is 41.1 Å². The molecule has 3 N–H and O–H groups in total. The Labute approximate surface area is 191 Å². The van der Waals surface area contributed by atoms with Crippen LogP contribution in [0, 0.1) is 26.7 Å². The Morgan fingerprint density at radius 3 is 2.47 bits per heavy atom. The van der Waals surface area contributed by atoms with Crippen molar-refractivity contribution >= 4 is 11.6 Å². The third kappa shape index (κ3) is 5.60. The van der Waals surface area contributed by atoms with E-state index < -0.39 is 0 Å². The van der Waals surface area contributed by atoms with E-state index in [9.17, 15) is 9.59 Å². The number of H-pyrrole nitrogens is 1. The predicted octanol–water partition coefficient (Wildman–Crippen LogP) is 4.15. The van der Waals surface area contributed by atoms with Gasteiger partial charge in [-0.3, -0.25) is 9.59 Å². The first-order valence-electron chi connectivity index (χ1n) is 11.7. The summed E-state index contributed by atoms with van der Waals surface area (Å²) in [5.41, 5.74) is 4.74. The number of aromatic amines is 1. The van der Waals surface area contributed by atoms with Crippen LogP contribution in [0.25, 0.3) is 0 Å². The van der Waals surface area contributed by atoms with E-state index in [-0.39, 0.29) is 18.0 Å². The molecule has 0 spiro atoms. The van der Waals surface area contributed by atoms with E-state index in [0.717, 1.165) is 22.5 Å². The summed E-state index contributed by atoms with van der Waals surface area (Å²) in [6.45, 7) is 8.19. The van der Waals surface area contributed by atoms with Crippen molar-refractivity contribution in [2.45, 2.75) is 72.0 Å². The largest absolute Gasteiger partial charge is 0.382 e. The van der Waals surface area contributed by atoms with Crippen molar-refractivity contribution < 1.29 is 4.79 Å². The van der Waals surface area contributed by atoms with Crippen LogP contribution in [0.15, 0.2) is 29.1 Å². The zero-order chi connectivity index (χ0) is 23.4. The number of rotatable bonds is 7. The van der Waals surface area contributed by atoms with Gasteiger partial charge in [-0.05, 0) is 103 Å². The van der Waals surface area contributed by atoms with Crippen LogP contribution in [-0.4, -0.2) is 42.0 Å². The zero-order valence-corrected chi connectivity index (χ0v) is 20.3. The average Bonchev–Trinajstić information content (AvgIpc) is 2.74. The number of nitrogens with zero attached hydrogens (tertiary/aromatic N) is 1. The highest BCUT2D eigenvalue weighted by molar-refractivity contribution is 5.97. The first kappa shape index (κ1) is 24.1. The minimum absolute atomic E-state index is 0.146. The van der Waals surface area contributed by atoms with Crippen LogP contribution in [0.2, 0.25) is 0 Å². The highest BCUT2D eigenvalue weighted by Crippen LogP contribution is 2.31. The zero-order valence-electron chi connectivity index (χ0n) is 20.3. The Morgan fingerprint density at radius 1 is 1.16 bits per heavy atom. The molecule has 1 aliphatic rings. The van der Waals surface area contributed by atoms with Crippen molar-refractivity contribution in [1.29, 1.82) is 0 Å². The molecule has 174 valence electrons. The monoisotopic (exact) mass is 438 g/mol. The fourth-order valence-electron chi connectivity index (χ4n) is 4.88. The SMILES string of the molecule is Cc1cc(C)c(CNC(=O)c2cccc(NC(C)C3CCC(N(C)C)CC3)c2C)c(=O)[nH]1. The van der Waals surface area contributed by atoms with E-state index in [0.29, 0.717) is 29.1 Å². The lowest BCUT2D eigenvalue weighted by Crippen LogP contribution is -2.36. The van der Waals surface area contributed by atoms with E-state index in [2.05, 4.69) is 41.5 Å². The number of hydrogen-bond acceptors (Lipinski definition) is 4. The molecule has 32 heavy (non-hydrogen) atoms. The highest BCUT2D eigenvalue weighted by Gasteiger charge is 2.26. The molecule has 1 fully saturated rings. The van der Waals surface area contributed by atoms with Gasteiger partial charge in [-0.15, -0.1) is 0 Å². The fourth-order valence-corrected chi connectivity index (χ4v) is 4.88. The molecule has 1 amide bonds. The molecular weight excluding hydrogens is 400 g/mol. The van der Waals surface area contributed by atoms with Gasteiger partial charge in [0.25, 0.3) is 11.5 Å². The van der Waals surface area contributed by atoms with Crippen LogP contribution in [0.1, 0.15) is 65.3 Å². The predicted molar refractivity (Wildman–Crippen MR) is 131 cm³/mol. The second-order valence-electron chi connectivity index (χ2n) is 9.57. The maximum absolute atomic E-state index is 12.9. The number of amides is 1. The minimum Gasteiger partial charge on any atom is -0.382 e. The van der Waals surface area contributed by atoms with E-state index in [1.165, 1.54) is 25.7 Å². The van der Waals surface area contributed by atoms with Crippen molar-refractivity contribution in [2.24, 2.45) is 5.92 Å². The van der Waals surface area contributed by atoms with Crippen LogP contribution in [0.3, 0.4) is 0 Å². The average molecular weight is 439 g/mol. The molecule has 6 heteroatoms. The van der Waals surface area contributed by atoms with Crippen LogP contribution >= 0.6 is 0 Å². The lowest BCUT2D eigenvalue weighted by molar-refractivity contribution is 0.0950. The summed E-state index contributed by atoms with van der Waals surface area (Å²) < 4.78 is 0. The number of aromatic nitrogens is 1. The first-order valence-corrected chi connectivity index (χ1v) is 11.7. The summed E-state index contributed by atoms with van der Waals surface area (Å²) in [5, 5.41) is 6.59. The number of aryl methyl sites for hydroxylation is 2. The van der Waals surface area contributed by atoms with E-state index in [1.807, 2.05) is 45.0 Å². The van der Waals surface area contributed by atoms with Gasteiger partial charge in [0.15, 0.2) is 0 Å². The van der Waals surface area contributed by atoms with Crippen molar-refractivity contribution in [2.75, 3.05) is 19.4 Å². The molecule has 1 atom stereocenters. The lowest BCUT2D eigenvalue weighted by Gasteiger charge is -2.36. The second-order valence-corrected chi connectivity index (χ2v) is 9.57. The van der Waals surface area contributed by atoms with Gasteiger partial charge in [0.1, 0.15) is 0 Å². The number of carbonyl (C=O) groups is 1. The van der Waals surface area contributed by atoms with Crippen LogP contribution in [-0.2, 0) is 6.54 Å². The summed E-state index contributed by atoms with van der Waals surface area (Å²) in [6, 6.07) is 8.77. The molecular formula is C26H38N4O2. The summed E-state index contributed by atoms with van der Waals surface area (Å²) in [5.74, 6) is 0.476. The normalized spacial score (nSPS) is 19.6. The topological polar surface area (TPSA) is 77.2 Å². The lowest BCUT2D eigenvalue weighted by atomic mass is 9.81. The third-order valence-electron chi connectivity index (χ3n) is 7.06.